The predicted molar refractivity (Wildman–Crippen MR) is 80.1 cm³/mol. The highest BCUT2D eigenvalue weighted by molar-refractivity contribution is 7.90. The van der Waals surface area contributed by atoms with Gasteiger partial charge < -0.3 is 10.2 Å². The topological polar surface area (TPSA) is 78.8 Å². The maximum atomic E-state index is 13.6. The third-order valence-corrected chi connectivity index (χ3v) is 4.43. The van der Waals surface area contributed by atoms with Gasteiger partial charge in [0.1, 0.15) is 11.6 Å². The molecule has 0 unspecified atom stereocenters. The van der Waals surface area contributed by atoms with Gasteiger partial charge in [0.25, 0.3) is 15.9 Å². The van der Waals surface area contributed by atoms with Gasteiger partial charge in [0.15, 0.2) is 5.84 Å². The number of hydrogen-bond acceptors (Lipinski definition) is 4. The third kappa shape index (κ3) is 3.14. The van der Waals surface area contributed by atoms with E-state index in [1.54, 1.807) is 12.3 Å². The van der Waals surface area contributed by atoms with Crippen LogP contribution in [0.2, 0.25) is 0 Å². The van der Waals surface area contributed by atoms with Gasteiger partial charge in [-0.15, -0.1) is 4.40 Å². The van der Waals surface area contributed by atoms with Crippen molar-refractivity contribution >= 4 is 27.5 Å². The van der Waals surface area contributed by atoms with Crippen LogP contribution in [-0.2, 0) is 14.8 Å². The number of rotatable bonds is 2. The van der Waals surface area contributed by atoms with Gasteiger partial charge in [0, 0.05) is 18.8 Å². The Balaban J connectivity index is 1.91. The van der Waals surface area contributed by atoms with Crippen LogP contribution in [0, 0.1) is 11.6 Å². The standard InChI is InChI=1S/C14H11F2N3O3S/c15-9-3-4-12(11(16)8-9)17-14(20)10-2-1-5-19-6-7-23(21,22)18-13(10)19/h1-5,8H,6-7H2,(H,17,20). The van der Waals surface area contributed by atoms with Crippen molar-refractivity contribution in [3.05, 3.63) is 53.8 Å². The fraction of sp³-hybridized carbons (Fsp3) is 0.143. The molecule has 0 saturated heterocycles. The summed E-state index contributed by atoms with van der Waals surface area (Å²) >= 11 is 0. The van der Waals surface area contributed by atoms with Crippen LogP contribution in [0.15, 0.2) is 46.5 Å². The number of nitrogens with zero attached hydrogens (tertiary/aromatic N) is 2. The maximum Gasteiger partial charge on any atom is 0.259 e. The Morgan fingerprint density at radius 3 is 2.83 bits per heavy atom. The Kier molecular flexibility index (Phi) is 3.72. The molecule has 3 rings (SSSR count). The lowest BCUT2D eigenvalue weighted by molar-refractivity contribution is -0.112. The molecule has 1 N–H and O–H groups in total. The zero-order chi connectivity index (χ0) is 16.6. The van der Waals surface area contributed by atoms with E-state index < -0.39 is 27.6 Å². The molecule has 6 nitrogen and oxygen atoms in total. The molecule has 23 heavy (non-hydrogen) atoms. The maximum absolute atomic E-state index is 13.6. The van der Waals surface area contributed by atoms with Gasteiger partial charge in [-0.05, 0) is 24.3 Å². The summed E-state index contributed by atoms with van der Waals surface area (Å²) in [5.41, 5.74) is -0.225. The van der Waals surface area contributed by atoms with Crippen molar-refractivity contribution in [2.75, 3.05) is 17.6 Å². The molecule has 0 spiro atoms. The molecule has 1 aromatic rings. The summed E-state index contributed by atoms with van der Waals surface area (Å²) in [6.45, 7) is 0.174. The van der Waals surface area contributed by atoms with E-state index in [-0.39, 0.29) is 29.4 Å². The Morgan fingerprint density at radius 2 is 2.09 bits per heavy atom. The van der Waals surface area contributed by atoms with Gasteiger partial charge in [0.2, 0.25) is 0 Å². The minimum Gasteiger partial charge on any atom is -0.331 e. The monoisotopic (exact) mass is 339 g/mol. The molecule has 0 radical (unpaired) electrons. The Bertz CT molecular complexity index is 875. The molecule has 0 saturated carbocycles. The largest absolute Gasteiger partial charge is 0.331 e. The molecule has 0 fully saturated rings. The zero-order valence-electron chi connectivity index (χ0n) is 11.7. The number of carbonyl (C=O) groups is 1. The van der Waals surface area contributed by atoms with Gasteiger partial charge in [-0.25, -0.2) is 17.2 Å². The predicted octanol–water partition coefficient (Wildman–Crippen LogP) is 1.40. The van der Waals surface area contributed by atoms with E-state index in [9.17, 15) is 22.0 Å². The summed E-state index contributed by atoms with van der Waals surface area (Å²) in [6, 6.07) is 2.72. The lowest BCUT2D eigenvalue weighted by atomic mass is 10.1. The average molecular weight is 339 g/mol. The first-order valence-electron chi connectivity index (χ1n) is 6.60. The summed E-state index contributed by atoms with van der Waals surface area (Å²) in [4.78, 5) is 13.8. The lowest BCUT2D eigenvalue weighted by Gasteiger charge is -2.28. The van der Waals surface area contributed by atoms with E-state index >= 15 is 0 Å². The molecule has 0 atom stereocenters. The fourth-order valence-corrected chi connectivity index (χ4v) is 3.16. The van der Waals surface area contributed by atoms with Crippen LogP contribution in [-0.4, -0.2) is 37.4 Å². The number of anilines is 1. The van der Waals surface area contributed by atoms with E-state index in [0.717, 1.165) is 12.1 Å². The smallest absolute Gasteiger partial charge is 0.259 e. The molecule has 2 aliphatic heterocycles. The molecule has 1 amide bonds. The van der Waals surface area contributed by atoms with Gasteiger partial charge in [-0.2, -0.15) is 0 Å². The van der Waals surface area contributed by atoms with E-state index in [1.165, 1.54) is 11.0 Å². The first-order chi connectivity index (χ1) is 10.9. The van der Waals surface area contributed by atoms with Gasteiger partial charge >= 0.3 is 0 Å². The zero-order valence-corrected chi connectivity index (χ0v) is 12.5. The summed E-state index contributed by atoms with van der Waals surface area (Å²) in [6.07, 6.45) is 4.54. The van der Waals surface area contributed by atoms with E-state index in [1.807, 2.05) is 0 Å². The minimum atomic E-state index is -3.64. The molecule has 0 aliphatic carbocycles. The van der Waals surface area contributed by atoms with Crippen molar-refractivity contribution < 1.29 is 22.0 Å². The average Bonchev–Trinajstić information content (AvgIpc) is 2.48. The number of benzene rings is 1. The first kappa shape index (κ1) is 15.3. The highest BCUT2D eigenvalue weighted by Gasteiger charge is 2.30. The first-order valence-corrected chi connectivity index (χ1v) is 8.21. The number of allylic oxidation sites excluding steroid dienone is 2. The van der Waals surface area contributed by atoms with Crippen molar-refractivity contribution in [1.82, 2.24) is 4.90 Å². The SMILES string of the molecule is O=C(Nc1ccc(F)cc1F)C1=CC=CN2CCS(=O)(=O)N=C12. The van der Waals surface area contributed by atoms with Crippen molar-refractivity contribution in [3.63, 3.8) is 0 Å². The van der Waals surface area contributed by atoms with E-state index in [4.69, 9.17) is 0 Å². The number of amides is 1. The summed E-state index contributed by atoms with van der Waals surface area (Å²) in [5, 5.41) is 2.28. The fourth-order valence-electron chi connectivity index (χ4n) is 2.17. The van der Waals surface area contributed by atoms with Gasteiger partial charge in [-0.3, -0.25) is 4.79 Å². The van der Waals surface area contributed by atoms with Crippen molar-refractivity contribution in [1.29, 1.82) is 0 Å². The molecule has 2 heterocycles. The van der Waals surface area contributed by atoms with Crippen LogP contribution >= 0.6 is 0 Å². The van der Waals surface area contributed by atoms with E-state index in [0.29, 0.717) is 6.07 Å². The third-order valence-electron chi connectivity index (χ3n) is 3.28. The lowest BCUT2D eigenvalue weighted by Crippen LogP contribution is -2.40. The Hall–Kier alpha value is -2.55. The molecule has 0 bridgehead atoms. The van der Waals surface area contributed by atoms with Crippen molar-refractivity contribution in [2.45, 2.75) is 0 Å². The molecular weight excluding hydrogens is 328 g/mol. The highest BCUT2D eigenvalue weighted by atomic mass is 32.2. The van der Waals surface area contributed by atoms with Gasteiger partial charge in [0.05, 0.1) is 17.0 Å². The Morgan fingerprint density at radius 1 is 1.30 bits per heavy atom. The normalized spacial score (nSPS) is 18.8. The van der Waals surface area contributed by atoms with Crippen LogP contribution in [0.1, 0.15) is 0 Å². The molecule has 0 aromatic heterocycles. The number of amidine groups is 1. The summed E-state index contributed by atoms with van der Waals surface area (Å²) in [7, 11) is -3.64. The molecule has 9 heteroatoms. The Labute approximate surface area is 130 Å². The van der Waals surface area contributed by atoms with Crippen LogP contribution < -0.4 is 5.32 Å². The molecule has 2 aliphatic rings. The van der Waals surface area contributed by atoms with Crippen LogP contribution in [0.5, 0.6) is 0 Å². The number of sulfonamides is 1. The van der Waals surface area contributed by atoms with Crippen LogP contribution in [0.4, 0.5) is 14.5 Å². The number of nitrogens with one attached hydrogen (secondary N) is 1. The quantitative estimate of drug-likeness (QED) is 0.883. The van der Waals surface area contributed by atoms with Crippen molar-refractivity contribution in [2.24, 2.45) is 4.40 Å². The van der Waals surface area contributed by atoms with Crippen LogP contribution in [0.25, 0.3) is 0 Å². The molecule has 1 aromatic carbocycles. The highest BCUT2D eigenvalue weighted by Crippen LogP contribution is 2.21. The van der Waals surface area contributed by atoms with Crippen LogP contribution in [0.3, 0.4) is 0 Å². The second-order valence-electron chi connectivity index (χ2n) is 4.89. The number of carbonyl (C=O) groups excluding carboxylic acids is 1. The number of fused-ring (bicyclic) bond motifs is 1. The second-order valence-corrected chi connectivity index (χ2v) is 6.65. The summed E-state index contributed by atoms with van der Waals surface area (Å²) in [5.74, 6) is -2.60. The number of halogens is 2. The van der Waals surface area contributed by atoms with Crippen molar-refractivity contribution in [3.8, 4) is 0 Å². The second kappa shape index (κ2) is 5.58. The minimum absolute atomic E-state index is 0.0144. The summed E-state index contributed by atoms with van der Waals surface area (Å²) < 4.78 is 53.3. The van der Waals surface area contributed by atoms with E-state index in [2.05, 4.69) is 9.71 Å². The van der Waals surface area contributed by atoms with Gasteiger partial charge in [-0.1, -0.05) is 0 Å². The number of hydrogen-bond donors (Lipinski definition) is 1. The molecular formula is C14H11F2N3O3S. The molecule has 120 valence electrons.